The first-order valence-corrected chi connectivity index (χ1v) is 7.71. The lowest BCUT2D eigenvalue weighted by Crippen LogP contribution is -2.42. The van der Waals surface area contributed by atoms with Crippen molar-refractivity contribution in [2.24, 2.45) is 11.3 Å². The van der Waals surface area contributed by atoms with Crippen LogP contribution >= 0.6 is 0 Å². The summed E-state index contributed by atoms with van der Waals surface area (Å²) >= 11 is 0. The number of rotatable bonds is 5. The second-order valence-corrected chi connectivity index (χ2v) is 7.72. The van der Waals surface area contributed by atoms with Gasteiger partial charge in [-0.2, -0.15) is 0 Å². The van der Waals surface area contributed by atoms with Gasteiger partial charge in [0.15, 0.2) is 0 Å². The van der Waals surface area contributed by atoms with Crippen molar-refractivity contribution in [3.63, 3.8) is 0 Å². The standard InChI is InChI=1S/C11H21NO3S/c1-11(2,8-16(3,14)15)7-12-10(13)9-5-4-6-9/h9H,4-8H2,1-3H3,(H,12,13). The summed E-state index contributed by atoms with van der Waals surface area (Å²) in [4.78, 5) is 11.6. The lowest BCUT2D eigenvalue weighted by atomic mass is 9.84. The molecule has 0 atom stereocenters. The van der Waals surface area contributed by atoms with Gasteiger partial charge in [-0.25, -0.2) is 8.42 Å². The molecule has 0 aromatic carbocycles. The molecule has 1 rings (SSSR count). The lowest BCUT2D eigenvalue weighted by Gasteiger charge is -2.28. The van der Waals surface area contributed by atoms with Gasteiger partial charge in [-0.05, 0) is 18.3 Å². The molecule has 0 heterocycles. The molecule has 0 radical (unpaired) electrons. The van der Waals surface area contributed by atoms with Gasteiger partial charge in [0.25, 0.3) is 0 Å². The van der Waals surface area contributed by atoms with Gasteiger partial charge in [0.2, 0.25) is 5.91 Å². The van der Waals surface area contributed by atoms with E-state index in [1.165, 1.54) is 6.26 Å². The predicted octanol–water partition coefficient (Wildman–Crippen LogP) is 0.974. The van der Waals surface area contributed by atoms with Gasteiger partial charge in [-0.3, -0.25) is 4.79 Å². The first kappa shape index (κ1) is 13.5. The normalized spacial score (nSPS) is 17.9. The second-order valence-electron chi connectivity index (χ2n) is 5.58. The smallest absolute Gasteiger partial charge is 0.223 e. The fourth-order valence-electron chi connectivity index (χ4n) is 1.90. The largest absolute Gasteiger partial charge is 0.355 e. The third-order valence-corrected chi connectivity index (χ3v) is 4.18. The van der Waals surface area contributed by atoms with Crippen molar-refractivity contribution in [1.29, 1.82) is 0 Å². The summed E-state index contributed by atoms with van der Waals surface area (Å²) in [7, 11) is -2.99. The van der Waals surface area contributed by atoms with Gasteiger partial charge in [0.05, 0.1) is 5.75 Å². The van der Waals surface area contributed by atoms with E-state index in [0.717, 1.165) is 19.3 Å². The van der Waals surface area contributed by atoms with Crippen LogP contribution in [0.1, 0.15) is 33.1 Å². The summed E-state index contributed by atoms with van der Waals surface area (Å²) in [5.74, 6) is 0.340. The van der Waals surface area contributed by atoms with E-state index in [1.807, 2.05) is 13.8 Å². The minimum Gasteiger partial charge on any atom is -0.355 e. The van der Waals surface area contributed by atoms with Gasteiger partial charge in [-0.15, -0.1) is 0 Å². The van der Waals surface area contributed by atoms with Crippen LogP contribution in [0.5, 0.6) is 0 Å². The Labute approximate surface area is 97.7 Å². The van der Waals surface area contributed by atoms with Crippen molar-refractivity contribution in [2.75, 3.05) is 18.6 Å². The third kappa shape index (κ3) is 4.51. The molecule has 1 fully saturated rings. The maximum absolute atomic E-state index is 11.6. The molecule has 0 spiro atoms. The molecule has 5 heteroatoms. The second kappa shape index (κ2) is 4.73. The van der Waals surface area contributed by atoms with Crippen molar-refractivity contribution in [3.05, 3.63) is 0 Å². The molecule has 1 aliphatic carbocycles. The summed E-state index contributed by atoms with van der Waals surface area (Å²) < 4.78 is 22.4. The number of sulfone groups is 1. The van der Waals surface area contributed by atoms with Crippen molar-refractivity contribution in [2.45, 2.75) is 33.1 Å². The first-order valence-electron chi connectivity index (χ1n) is 5.65. The Kier molecular flexibility index (Phi) is 3.99. The topological polar surface area (TPSA) is 63.2 Å². The summed E-state index contributed by atoms with van der Waals surface area (Å²) in [6, 6.07) is 0. The lowest BCUT2D eigenvalue weighted by molar-refractivity contribution is -0.127. The molecule has 0 aromatic rings. The average Bonchev–Trinajstić information content (AvgIpc) is 1.92. The molecule has 4 nitrogen and oxygen atoms in total. The van der Waals surface area contributed by atoms with Crippen molar-refractivity contribution in [1.82, 2.24) is 5.32 Å². The van der Waals surface area contributed by atoms with Gasteiger partial charge < -0.3 is 5.32 Å². The quantitative estimate of drug-likeness (QED) is 0.787. The van der Waals surface area contributed by atoms with E-state index >= 15 is 0 Å². The zero-order valence-electron chi connectivity index (χ0n) is 10.2. The minimum atomic E-state index is -2.99. The molecule has 0 aromatic heterocycles. The maximum atomic E-state index is 11.6. The van der Waals surface area contributed by atoms with Crippen LogP contribution in [-0.2, 0) is 14.6 Å². The third-order valence-electron chi connectivity index (χ3n) is 2.87. The Morgan fingerprint density at radius 1 is 1.38 bits per heavy atom. The first-order chi connectivity index (χ1) is 7.20. The molecule has 0 bridgehead atoms. The van der Waals surface area contributed by atoms with Gasteiger partial charge in [0.1, 0.15) is 9.84 Å². The summed E-state index contributed by atoms with van der Waals surface area (Å²) in [5.41, 5.74) is -0.396. The van der Waals surface area contributed by atoms with Crippen LogP contribution in [-0.4, -0.2) is 32.9 Å². The monoisotopic (exact) mass is 247 g/mol. The predicted molar refractivity (Wildman–Crippen MR) is 63.8 cm³/mol. The maximum Gasteiger partial charge on any atom is 0.223 e. The molecule has 1 saturated carbocycles. The number of carbonyl (C=O) groups excluding carboxylic acids is 1. The molecule has 16 heavy (non-hydrogen) atoms. The highest BCUT2D eigenvalue weighted by Crippen LogP contribution is 2.26. The highest BCUT2D eigenvalue weighted by Gasteiger charge is 2.28. The Morgan fingerprint density at radius 3 is 2.31 bits per heavy atom. The van der Waals surface area contributed by atoms with E-state index < -0.39 is 15.3 Å². The number of carbonyl (C=O) groups is 1. The fraction of sp³-hybridized carbons (Fsp3) is 0.909. The van der Waals surface area contributed by atoms with Crippen LogP contribution in [0.15, 0.2) is 0 Å². The Balaban J connectivity index is 2.37. The van der Waals surface area contributed by atoms with E-state index in [-0.39, 0.29) is 17.6 Å². The highest BCUT2D eigenvalue weighted by molar-refractivity contribution is 7.90. The molecule has 1 amide bonds. The van der Waals surface area contributed by atoms with E-state index in [1.54, 1.807) is 0 Å². The zero-order valence-corrected chi connectivity index (χ0v) is 11.1. The van der Waals surface area contributed by atoms with Crippen molar-refractivity contribution >= 4 is 15.7 Å². The molecule has 1 N–H and O–H groups in total. The van der Waals surface area contributed by atoms with Crippen LogP contribution in [0.3, 0.4) is 0 Å². The van der Waals surface area contributed by atoms with Crippen LogP contribution in [0.2, 0.25) is 0 Å². The molecular weight excluding hydrogens is 226 g/mol. The van der Waals surface area contributed by atoms with Crippen molar-refractivity contribution < 1.29 is 13.2 Å². The number of hydrogen-bond acceptors (Lipinski definition) is 3. The summed E-state index contributed by atoms with van der Waals surface area (Å²) in [5, 5.41) is 2.84. The zero-order chi connectivity index (χ0) is 12.4. The summed E-state index contributed by atoms with van der Waals surface area (Å²) in [6.45, 7) is 4.14. The molecule has 1 aliphatic rings. The van der Waals surface area contributed by atoms with Crippen LogP contribution < -0.4 is 5.32 Å². The molecule has 94 valence electrons. The Hall–Kier alpha value is -0.580. The van der Waals surface area contributed by atoms with Crippen molar-refractivity contribution in [3.8, 4) is 0 Å². The molecule has 0 unspecified atom stereocenters. The SMILES string of the molecule is CC(C)(CNC(=O)C1CCC1)CS(C)(=O)=O. The van der Waals surface area contributed by atoms with Crippen LogP contribution in [0, 0.1) is 11.3 Å². The molecular formula is C11H21NO3S. The number of nitrogens with one attached hydrogen (secondary N) is 1. The summed E-state index contributed by atoms with van der Waals surface area (Å²) in [6.07, 6.45) is 4.30. The van der Waals surface area contributed by atoms with Crippen LogP contribution in [0.25, 0.3) is 0 Å². The van der Waals surface area contributed by atoms with Gasteiger partial charge in [-0.1, -0.05) is 20.3 Å². The Morgan fingerprint density at radius 2 is 1.94 bits per heavy atom. The van der Waals surface area contributed by atoms with E-state index in [0.29, 0.717) is 6.54 Å². The van der Waals surface area contributed by atoms with E-state index in [9.17, 15) is 13.2 Å². The Bertz CT molecular complexity index is 355. The molecule has 0 aliphatic heterocycles. The van der Waals surface area contributed by atoms with Gasteiger partial charge in [0, 0.05) is 18.7 Å². The number of amides is 1. The fourth-order valence-corrected chi connectivity index (χ4v) is 3.42. The minimum absolute atomic E-state index is 0.0767. The van der Waals surface area contributed by atoms with Crippen LogP contribution in [0.4, 0.5) is 0 Å². The van der Waals surface area contributed by atoms with E-state index in [2.05, 4.69) is 5.32 Å². The average molecular weight is 247 g/mol. The number of hydrogen-bond donors (Lipinski definition) is 1. The van der Waals surface area contributed by atoms with E-state index in [4.69, 9.17) is 0 Å². The highest BCUT2D eigenvalue weighted by atomic mass is 32.2. The van der Waals surface area contributed by atoms with Gasteiger partial charge >= 0.3 is 0 Å². The molecule has 0 saturated heterocycles.